The molecule has 156 valence electrons. The molecule has 0 aliphatic carbocycles. The quantitative estimate of drug-likeness (QED) is 0.318. The third-order valence-electron chi connectivity index (χ3n) is 4.40. The van der Waals surface area contributed by atoms with Crippen LogP contribution in [0.5, 0.6) is 5.75 Å². The van der Waals surface area contributed by atoms with Gasteiger partial charge in [0.25, 0.3) is 5.91 Å². The molecule has 0 radical (unpaired) electrons. The molecular formula is C22H29N3O3S. The highest BCUT2D eigenvalue weighted by atomic mass is 32.2. The van der Waals surface area contributed by atoms with E-state index in [9.17, 15) is 9.59 Å². The van der Waals surface area contributed by atoms with E-state index in [-0.39, 0.29) is 23.8 Å². The number of esters is 1. The Hall–Kier alpha value is -2.30. The van der Waals surface area contributed by atoms with E-state index >= 15 is 0 Å². The molecule has 29 heavy (non-hydrogen) atoms. The molecule has 0 N–H and O–H groups in total. The number of nitrogens with zero attached hydrogens (tertiary/aromatic N) is 3. The van der Waals surface area contributed by atoms with E-state index in [1.54, 1.807) is 4.90 Å². The van der Waals surface area contributed by atoms with Crippen LogP contribution < -0.4 is 4.74 Å². The van der Waals surface area contributed by atoms with E-state index < -0.39 is 0 Å². The topological polar surface area (TPSA) is 73.6 Å². The largest absolute Gasteiger partial charge is 0.426 e. The highest BCUT2D eigenvalue weighted by Crippen LogP contribution is 2.37. The third kappa shape index (κ3) is 6.09. The molecule has 2 rings (SSSR count). The van der Waals surface area contributed by atoms with Gasteiger partial charge in [-0.3, -0.25) is 9.59 Å². The summed E-state index contributed by atoms with van der Waals surface area (Å²) in [6.07, 6.45) is 1.88. The first-order valence-corrected chi connectivity index (χ1v) is 10.5. The lowest BCUT2D eigenvalue weighted by Crippen LogP contribution is -2.37. The Labute approximate surface area is 177 Å². The molecule has 0 aromatic heterocycles. The zero-order chi connectivity index (χ0) is 21.8. The predicted octanol–water partition coefficient (Wildman–Crippen LogP) is 3.41. The Balaban J connectivity index is 2.59. The van der Waals surface area contributed by atoms with Crippen molar-refractivity contribution in [3.05, 3.63) is 33.7 Å². The van der Waals surface area contributed by atoms with E-state index in [2.05, 4.69) is 26.8 Å². The highest BCUT2D eigenvalue weighted by Gasteiger charge is 2.26. The van der Waals surface area contributed by atoms with Crippen LogP contribution in [0, 0.1) is 11.3 Å². The van der Waals surface area contributed by atoms with Crippen molar-refractivity contribution in [2.45, 2.75) is 39.7 Å². The SMILES string of the molecule is CC(=O)Oc1c(CN(C)C)cc(/C=C2/SCCN(CC#N)C2=O)cc1C(C)(C)C. The zero-order valence-electron chi connectivity index (χ0n) is 18.0. The summed E-state index contributed by atoms with van der Waals surface area (Å²) in [5, 5.41) is 8.94. The highest BCUT2D eigenvalue weighted by molar-refractivity contribution is 8.04. The molecule has 1 aromatic rings. The lowest BCUT2D eigenvalue weighted by Gasteiger charge is -2.27. The smallest absolute Gasteiger partial charge is 0.308 e. The number of hydrogen-bond acceptors (Lipinski definition) is 6. The number of amides is 1. The van der Waals surface area contributed by atoms with Crippen LogP contribution in [0.25, 0.3) is 6.08 Å². The normalized spacial score (nSPS) is 16.3. The Kier molecular flexibility index (Phi) is 7.50. The molecule has 0 atom stereocenters. The van der Waals surface area contributed by atoms with Gasteiger partial charge < -0.3 is 14.5 Å². The van der Waals surface area contributed by atoms with Gasteiger partial charge in [-0.15, -0.1) is 11.8 Å². The maximum absolute atomic E-state index is 12.7. The Bertz CT molecular complexity index is 863. The minimum Gasteiger partial charge on any atom is -0.426 e. The van der Waals surface area contributed by atoms with E-state index in [0.717, 1.165) is 22.4 Å². The summed E-state index contributed by atoms with van der Waals surface area (Å²) in [4.78, 5) is 28.6. The van der Waals surface area contributed by atoms with E-state index in [4.69, 9.17) is 10.00 Å². The number of carbonyl (C=O) groups excluding carboxylic acids is 2. The predicted molar refractivity (Wildman–Crippen MR) is 116 cm³/mol. The Morgan fingerprint density at radius 1 is 1.38 bits per heavy atom. The summed E-state index contributed by atoms with van der Waals surface area (Å²) in [6.45, 7) is 8.90. The van der Waals surface area contributed by atoms with Gasteiger partial charge in [-0.05, 0) is 43.3 Å². The fourth-order valence-corrected chi connectivity index (χ4v) is 4.16. The average molecular weight is 416 g/mol. The van der Waals surface area contributed by atoms with Crippen LogP contribution in [0.1, 0.15) is 44.4 Å². The van der Waals surface area contributed by atoms with Crippen LogP contribution in [0.2, 0.25) is 0 Å². The maximum atomic E-state index is 12.7. The molecule has 1 aliphatic heterocycles. The summed E-state index contributed by atoms with van der Waals surface area (Å²) < 4.78 is 5.62. The van der Waals surface area contributed by atoms with Crippen molar-refractivity contribution in [3.8, 4) is 11.8 Å². The molecule has 1 saturated heterocycles. The molecule has 1 aromatic carbocycles. The molecule has 0 bridgehead atoms. The van der Waals surface area contributed by atoms with Gasteiger partial charge >= 0.3 is 5.97 Å². The molecule has 7 heteroatoms. The number of ether oxygens (including phenoxy) is 1. The van der Waals surface area contributed by atoms with Crippen molar-refractivity contribution < 1.29 is 14.3 Å². The first kappa shape index (κ1) is 23.0. The number of thioether (sulfide) groups is 1. The van der Waals surface area contributed by atoms with Crippen LogP contribution in [0.4, 0.5) is 0 Å². The lowest BCUT2D eigenvalue weighted by atomic mass is 9.83. The van der Waals surface area contributed by atoms with Crippen LogP contribution in [-0.4, -0.2) is 54.6 Å². The minimum atomic E-state index is -0.355. The van der Waals surface area contributed by atoms with E-state index in [1.807, 2.05) is 37.2 Å². The van der Waals surface area contributed by atoms with Crippen molar-refractivity contribution in [2.24, 2.45) is 0 Å². The second kappa shape index (κ2) is 9.47. The Morgan fingerprint density at radius 2 is 2.07 bits per heavy atom. The molecule has 0 spiro atoms. The number of nitriles is 1. The van der Waals surface area contributed by atoms with Gasteiger partial charge in [0.2, 0.25) is 0 Å². The first-order chi connectivity index (χ1) is 13.5. The molecule has 0 saturated carbocycles. The summed E-state index contributed by atoms with van der Waals surface area (Å²) in [6, 6.07) is 6.01. The van der Waals surface area contributed by atoms with Crippen LogP contribution in [0.3, 0.4) is 0 Å². The summed E-state index contributed by atoms with van der Waals surface area (Å²) >= 11 is 1.51. The molecule has 1 amide bonds. The molecular weight excluding hydrogens is 386 g/mol. The fraction of sp³-hybridized carbons (Fsp3) is 0.500. The van der Waals surface area contributed by atoms with Gasteiger partial charge in [-0.1, -0.05) is 20.8 Å². The third-order valence-corrected chi connectivity index (χ3v) is 5.39. The summed E-state index contributed by atoms with van der Waals surface area (Å²) in [7, 11) is 3.92. The molecule has 1 fully saturated rings. The number of benzene rings is 1. The van der Waals surface area contributed by atoms with Gasteiger partial charge in [-0.2, -0.15) is 5.26 Å². The molecule has 1 heterocycles. The minimum absolute atomic E-state index is 0.0985. The van der Waals surface area contributed by atoms with Crippen molar-refractivity contribution >= 4 is 29.7 Å². The van der Waals surface area contributed by atoms with Gasteiger partial charge in [-0.25, -0.2) is 0 Å². The number of rotatable bonds is 5. The van der Waals surface area contributed by atoms with Crippen molar-refractivity contribution in [1.82, 2.24) is 9.80 Å². The van der Waals surface area contributed by atoms with Gasteiger partial charge in [0.1, 0.15) is 12.3 Å². The van der Waals surface area contributed by atoms with Gasteiger partial charge in [0, 0.05) is 36.9 Å². The van der Waals surface area contributed by atoms with Gasteiger partial charge in [0.05, 0.1) is 11.0 Å². The summed E-state index contributed by atoms with van der Waals surface area (Å²) in [5.41, 5.74) is 2.45. The molecule has 0 unspecified atom stereocenters. The lowest BCUT2D eigenvalue weighted by molar-refractivity contribution is -0.132. The maximum Gasteiger partial charge on any atom is 0.308 e. The van der Waals surface area contributed by atoms with Gasteiger partial charge in [0.15, 0.2) is 0 Å². The van der Waals surface area contributed by atoms with Crippen LogP contribution >= 0.6 is 11.8 Å². The fourth-order valence-electron chi connectivity index (χ4n) is 3.15. The molecule has 1 aliphatic rings. The zero-order valence-corrected chi connectivity index (χ0v) is 18.9. The van der Waals surface area contributed by atoms with Crippen LogP contribution in [-0.2, 0) is 21.5 Å². The number of carbonyl (C=O) groups is 2. The first-order valence-electron chi connectivity index (χ1n) is 9.54. The second-order valence-corrected chi connectivity index (χ2v) is 9.52. The van der Waals surface area contributed by atoms with E-state index in [0.29, 0.717) is 23.7 Å². The number of hydrogen-bond donors (Lipinski definition) is 0. The van der Waals surface area contributed by atoms with Crippen molar-refractivity contribution in [2.75, 3.05) is 32.9 Å². The average Bonchev–Trinajstić information content (AvgIpc) is 2.58. The second-order valence-electron chi connectivity index (χ2n) is 8.38. The monoisotopic (exact) mass is 415 g/mol. The molecule has 6 nitrogen and oxygen atoms in total. The Morgan fingerprint density at radius 3 is 2.62 bits per heavy atom. The standard InChI is InChI=1S/C22H29N3O3S/c1-15(26)28-20-17(14-24(5)6)11-16(12-18(20)22(2,3)4)13-19-21(27)25(8-7-23)9-10-29-19/h11-13H,8-10,14H2,1-6H3/b19-13+. The van der Waals surface area contributed by atoms with E-state index in [1.165, 1.54) is 18.7 Å². The van der Waals surface area contributed by atoms with Crippen molar-refractivity contribution in [3.63, 3.8) is 0 Å². The van der Waals surface area contributed by atoms with Crippen molar-refractivity contribution in [1.29, 1.82) is 5.26 Å². The van der Waals surface area contributed by atoms with Crippen LogP contribution in [0.15, 0.2) is 17.0 Å². The summed E-state index contributed by atoms with van der Waals surface area (Å²) in [5.74, 6) is 0.890.